The monoisotopic (exact) mass is 331 g/mol. The van der Waals surface area contributed by atoms with Crippen LogP contribution in [0.25, 0.3) is 6.08 Å². The van der Waals surface area contributed by atoms with Crippen LogP contribution in [0, 0.1) is 11.8 Å². The van der Waals surface area contributed by atoms with Crippen LogP contribution in [0.2, 0.25) is 0 Å². The van der Waals surface area contributed by atoms with Crippen molar-refractivity contribution in [3.8, 4) is 17.2 Å². The van der Waals surface area contributed by atoms with Gasteiger partial charge in [-0.3, -0.25) is 4.79 Å². The Kier molecular flexibility index (Phi) is 4.97. The van der Waals surface area contributed by atoms with E-state index in [1.807, 2.05) is 12.1 Å². The first-order valence-electron chi connectivity index (χ1n) is 8.44. The van der Waals surface area contributed by atoms with Gasteiger partial charge >= 0.3 is 0 Å². The fraction of sp³-hybridized carbons (Fsp3) is 0.526. The molecule has 0 saturated heterocycles. The van der Waals surface area contributed by atoms with Crippen LogP contribution in [-0.2, 0) is 4.79 Å². The van der Waals surface area contributed by atoms with Crippen molar-refractivity contribution < 1.29 is 19.0 Å². The summed E-state index contributed by atoms with van der Waals surface area (Å²) in [6.07, 6.45) is 8.35. The molecular formula is C19H25NO4. The van der Waals surface area contributed by atoms with Gasteiger partial charge in [-0.1, -0.05) is 0 Å². The Hall–Kier alpha value is -2.17. The highest BCUT2D eigenvalue weighted by atomic mass is 16.5. The number of benzene rings is 1. The molecule has 0 spiro atoms. The molecule has 2 saturated carbocycles. The number of rotatable bonds is 8. The first kappa shape index (κ1) is 16.7. The van der Waals surface area contributed by atoms with Gasteiger partial charge in [0.25, 0.3) is 0 Å². The molecular weight excluding hydrogens is 306 g/mol. The minimum absolute atomic E-state index is 0.0347. The second-order valence-corrected chi connectivity index (χ2v) is 6.50. The number of hydrogen-bond donors (Lipinski definition) is 1. The Balaban J connectivity index is 1.69. The van der Waals surface area contributed by atoms with E-state index in [0.29, 0.717) is 35.1 Å². The molecule has 1 N–H and O–H groups in total. The molecule has 0 bridgehead atoms. The summed E-state index contributed by atoms with van der Waals surface area (Å²) in [5, 5.41) is 3.18. The van der Waals surface area contributed by atoms with E-state index in [1.165, 1.54) is 25.7 Å². The summed E-state index contributed by atoms with van der Waals surface area (Å²) in [6.45, 7) is 0. The lowest BCUT2D eigenvalue weighted by atomic mass is 10.1. The smallest absolute Gasteiger partial charge is 0.244 e. The maximum atomic E-state index is 12.2. The minimum Gasteiger partial charge on any atom is -0.493 e. The molecule has 130 valence electrons. The average molecular weight is 331 g/mol. The van der Waals surface area contributed by atoms with Crippen molar-refractivity contribution in [3.05, 3.63) is 23.8 Å². The number of carbonyl (C=O) groups is 1. The Labute approximate surface area is 143 Å². The van der Waals surface area contributed by atoms with Crippen molar-refractivity contribution in [2.75, 3.05) is 21.3 Å². The third-order valence-electron chi connectivity index (χ3n) is 4.68. The maximum Gasteiger partial charge on any atom is 0.244 e. The Morgan fingerprint density at radius 3 is 2.00 bits per heavy atom. The summed E-state index contributed by atoms with van der Waals surface area (Å²) < 4.78 is 16.0. The van der Waals surface area contributed by atoms with E-state index in [4.69, 9.17) is 14.2 Å². The van der Waals surface area contributed by atoms with E-state index in [0.717, 1.165) is 5.56 Å². The predicted octanol–water partition coefficient (Wildman–Crippen LogP) is 3.03. The molecule has 0 aliphatic heterocycles. The van der Waals surface area contributed by atoms with Gasteiger partial charge in [-0.15, -0.1) is 0 Å². The van der Waals surface area contributed by atoms with E-state index in [2.05, 4.69) is 5.32 Å². The van der Waals surface area contributed by atoms with E-state index >= 15 is 0 Å². The highest BCUT2D eigenvalue weighted by Crippen LogP contribution is 2.44. The van der Waals surface area contributed by atoms with Crippen LogP contribution in [-0.4, -0.2) is 33.3 Å². The SMILES string of the molecule is COc1cc(/C=C/C(=O)NC(C2CC2)C2CC2)cc(OC)c1OC. The average Bonchev–Trinajstić information content (AvgIpc) is 3.49. The zero-order chi connectivity index (χ0) is 17.1. The molecule has 2 aliphatic rings. The summed E-state index contributed by atoms with van der Waals surface area (Å²) in [4.78, 5) is 12.2. The first-order chi connectivity index (χ1) is 11.7. The maximum absolute atomic E-state index is 12.2. The van der Waals surface area contributed by atoms with Crippen molar-refractivity contribution in [3.63, 3.8) is 0 Å². The van der Waals surface area contributed by atoms with Gasteiger partial charge in [0.05, 0.1) is 21.3 Å². The van der Waals surface area contributed by atoms with E-state index in [1.54, 1.807) is 33.5 Å². The molecule has 3 rings (SSSR count). The highest BCUT2D eigenvalue weighted by molar-refractivity contribution is 5.92. The lowest BCUT2D eigenvalue weighted by Gasteiger charge is -2.16. The summed E-state index contributed by atoms with van der Waals surface area (Å²) in [7, 11) is 4.72. The third kappa shape index (κ3) is 3.83. The molecule has 24 heavy (non-hydrogen) atoms. The zero-order valence-corrected chi connectivity index (χ0v) is 14.5. The van der Waals surface area contributed by atoms with Crippen LogP contribution < -0.4 is 19.5 Å². The third-order valence-corrected chi connectivity index (χ3v) is 4.68. The molecule has 1 aromatic rings. The molecule has 5 nitrogen and oxygen atoms in total. The van der Waals surface area contributed by atoms with Gasteiger partial charge in [0.15, 0.2) is 11.5 Å². The van der Waals surface area contributed by atoms with Gasteiger partial charge < -0.3 is 19.5 Å². The van der Waals surface area contributed by atoms with Gasteiger partial charge in [-0.05, 0) is 61.3 Å². The largest absolute Gasteiger partial charge is 0.493 e. The number of ether oxygens (including phenoxy) is 3. The minimum atomic E-state index is -0.0347. The molecule has 2 aliphatic carbocycles. The molecule has 0 heterocycles. The molecule has 2 fully saturated rings. The normalized spacial score (nSPS) is 17.2. The second-order valence-electron chi connectivity index (χ2n) is 6.50. The van der Waals surface area contributed by atoms with Crippen molar-refractivity contribution in [1.29, 1.82) is 0 Å². The van der Waals surface area contributed by atoms with E-state index < -0.39 is 0 Å². The predicted molar refractivity (Wildman–Crippen MR) is 92.5 cm³/mol. The lowest BCUT2D eigenvalue weighted by Crippen LogP contribution is -2.37. The van der Waals surface area contributed by atoms with Crippen LogP contribution in [0.5, 0.6) is 17.2 Å². The van der Waals surface area contributed by atoms with E-state index in [-0.39, 0.29) is 5.91 Å². The standard InChI is InChI=1S/C19H25NO4/c1-22-15-10-12(11-16(23-2)19(15)24-3)4-9-17(21)20-18(13-5-6-13)14-7-8-14/h4,9-11,13-14,18H,5-8H2,1-3H3,(H,20,21)/b9-4+. The number of amides is 1. The number of nitrogens with one attached hydrogen (secondary N) is 1. The first-order valence-corrected chi connectivity index (χ1v) is 8.44. The number of hydrogen-bond acceptors (Lipinski definition) is 4. The van der Waals surface area contributed by atoms with Gasteiger partial charge in [0.1, 0.15) is 0 Å². The van der Waals surface area contributed by atoms with Gasteiger partial charge in [-0.25, -0.2) is 0 Å². The topological polar surface area (TPSA) is 56.8 Å². The van der Waals surface area contributed by atoms with Gasteiger partial charge in [-0.2, -0.15) is 0 Å². The molecule has 0 radical (unpaired) electrons. The zero-order valence-electron chi connectivity index (χ0n) is 14.5. The van der Waals surface area contributed by atoms with Crippen LogP contribution in [0.15, 0.2) is 18.2 Å². The van der Waals surface area contributed by atoms with Crippen molar-refractivity contribution in [1.82, 2.24) is 5.32 Å². The number of carbonyl (C=O) groups excluding carboxylic acids is 1. The molecule has 1 amide bonds. The Morgan fingerprint density at radius 1 is 1.04 bits per heavy atom. The highest BCUT2D eigenvalue weighted by Gasteiger charge is 2.41. The summed E-state index contributed by atoms with van der Waals surface area (Å²) in [6, 6.07) is 4.01. The Bertz CT molecular complexity index is 595. The molecule has 5 heteroatoms. The van der Waals surface area contributed by atoms with Crippen molar-refractivity contribution in [2.45, 2.75) is 31.7 Å². The molecule has 0 atom stereocenters. The summed E-state index contributed by atoms with van der Waals surface area (Å²) >= 11 is 0. The number of methoxy groups -OCH3 is 3. The Morgan fingerprint density at radius 2 is 1.58 bits per heavy atom. The fourth-order valence-electron chi connectivity index (χ4n) is 3.11. The van der Waals surface area contributed by atoms with Crippen molar-refractivity contribution >= 4 is 12.0 Å². The van der Waals surface area contributed by atoms with Crippen LogP contribution in [0.1, 0.15) is 31.2 Å². The fourth-order valence-corrected chi connectivity index (χ4v) is 3.11. The van der Waals surface area contributed by atoms with Gasteiger partial charge in [0.2, 0.25) is 11.7 Å². The van der Waals surface area contributed by atoms with Gasteiger partial charge in [0, 0.05) is 12.1 Å². The lowest BCUT2D eigenvalue weighted by molar-refractivity contribution is -0.117. The molecule has 1 aromatic carbocycles. The molecule has 0 aromatic heterocycles. The van der Waals surface area contributed by atoms with Crippen LogP contribution >= 0.6 is 0 Å². The summed E-state index contributed by atoms with van der Waals surface area (Å²) in [5.74, 6) is 3.04. The quantitative estimate of drug-likeness (QED) is 0.744. The summed E-state index contributed by atoms with van der Waals surface area (Å²) in [5.41, 5.74) is 0.828. The molecule has 0 unspecified atom stereocenters. The van der Waals surface area contributed by atoms with Crippen molar-refractivity contribution in [2.24, 2.45) is 11.8 Å². The van der Waals surface area contributed by atoms with Crippen LogP contribution in [0.3, 0.4) is 0 Å². The van der Waals surface area contributed by atoms with E-state index in [9.17, 15) is 4.79 Å². The van der Waals surface area contributed by atoms with Crippen LogP contribution in [0.4, 0.5) is 0 Å². The second kappa shape index (κ2) is 7.16.